The second-order valence-corrected chi connectivity index (χ2v) is 8.09. The molecule has 0 saturated carbocycles. The van der Waals surface area contributed by atoms with Crippen LogP contribution in [-0.2, 0) is 10.3 Å². The number of benzene rings is 2. The Morgan fingerprint density at radius 3 is 2.50 bits per heavy atom. The number of hydrogen-bond acceptors (Lipinski definition) is 10. The zero-order chi connectivity index (χ0) is 22.6. The predicted octanol–water partition coefficient (Wildman–Crippen LogP) is -0.412. The standard InChI is InChI=1S/C22H24O10/c1-28-10-3-5-13-15(6-10)31-20-12-4-2-11(7-14(12)29-9-22(13,20)27)30-21-19(26)18(25)17(24)16(8-23)32-21/h2-7,16-21,23-27H,8-9H2,1H3. The molecule has 0 bridgehead atoms. The molecule has 2 aromatic rings. The summed E-state index contributed by atoms with van der Waals surface area (Å²) in [6.45, 7) is -0.603. The number of hydrogen-bond donors (Lipinski definition) is 5. The molecule has 7 unspecified atom stereocenters. The van der Waals surface area contributed by atoms with E-state index in [4.69, 9.17) is 23.7 Å². The van der Waals surface area contributed by atoms with E-state index in [9.17, 15) is 25.5 Å². The normalized spacial score (nSPS) is 35.1. The second kappa shape index (κ2) is 7.77. The molecule has 2 aromatic carbocycles. The SMILES string of the molecule is COc1ccc2c(c1)OC1c3ccc(OC4OC(CO)C(O)C(O)C4O)cc3OCC21O. The van der Waals surface area contributed by atoms with Crippen LogP contribution in [0.2, 0.25) is 0 Å². The Kier molecular flexibility index (Phi) is 5.16. The van der Waals surface area contributed by atoms with E-state index in [1.807, 2.05) is 0 Å². The van der Waals surface area contributed by atoms with Crippen LogP contribution in [0, 0.1) is 0 Å². The molecular formula is C22H24O10. The van der Waals surface area contributed by atoms with Gasteiger partial charge in [0.05, 0.1) is 13.7 Å². The van der Waals surface area contributed by atoms with Gasteiger partial charge in [-0.05, 0) is 24.3 Å². The largest absolute Gasteiger partial charge is 0.497 e. The van der Waals surface area contributed by atoms with Crippen molar-refractivity contribution in [1.82, 2.24) is 0 Å². The van der Waals surface area contributed by atoms with Crippen LogP contribution >= 0.6 is 0 Å². The van der Waals surface area contributed by atoms with E-state index in [0.717, 1.165) is 0 Å². The highest BCUT2D eigenvalue weighted by Gasteiger charge is 2.53. The Hall–Kier alpha value is -2.60. The molecule has 1 saturated heterocycles. The van der Waals surface area contributed by atoms with Crippen molar-refractivity contribution < 1.29 is 49.2 Å². The van der Waals surface area contributed by atoms with Gasteiger partial charge in [-0.25, -0.2) is 0 Å². The molecule has 5 N–H and O–H groups in total. The first-order chi connectivity index (χ1) is 15.4. The topological polar surface area (TPSA) is 147 Å². The highest BCUT2D eigenvalue weighted by atomic mass is 16.7. The molecule has 3 heterocycles. The predicted molar refractivity (Wildman–Crippen MR) is 107 cm³/mol. The Bertz CT molecular complexity index is 1010. The maximum atomic E-state index is 11.3. The molecule has 0 amide bonds. The van der Waals surface area contributed by atoms with Crippen LogP contribution in [-0.4, -0.2) is 76.6 Å². The Balaban J connectivity index is 1.39. The van der Waals surface area contributed by atoms with Gasteiger partial charge in [0.25, 0.3) is 0 Å². The summed E-state index contributed by atoms with van der Waals surface area (Å²) in [7, 11) is 1.55. The van der Waals surface area contributed by atoms with Crippen LogP contribution in [0.1, 0.15) is 17.2 Å². The molecule has 32 heavy (non-hydrogen) atoms. The van der Waals surface area contributed by atoms with Crippen LogP contribution in [0.3, 0.4) is 0 Å². The van der Waals surface area contributed by atoms with Gasteiger partial charge in [-0.1, -0.05) is 0 Å². The van der Waals surface area contributed by atoms with Gasteiger partial charge in [0.1, 0.15) is 54.0 Å². The number of aliphatic hydroxyl groups excluding tert-OH is 4. The fourth-order valence-electron chi connectivity index (χ4n) is 4.34. The summed E-state index contributed by atoms with van der Waals surface area (Å²) in [6.07, 6.45) is -7.64. The summed E-state index contributed by atoms with van der Waals surface area (Å²) in [6, 6.07) is 10.0. The van der Waals surface area contributed by atoms with Gasteiger partial charge in [-0.2, -0.15) is 0 Å². The Labute approximate surface area is 183 Å². The lowest BCUT2D eigenvalue weighted by atomic mass is 9.85. The van der Waals surface area contributed by atoms with Gasteiger partial charge in [-0.15, -0.1) is 0 Å². The van der Waals surface area contributed by atoms with E-state index < -0.39 is 49.0 Å². The fraction of sp³-hybridized carbons (Fsp3) is 0.455. The van der Waals surface area contributed by atoms with Crippen molar-refractivity contribution in [3.05, 3.63) is 47.5 Å². The molecule has 5 rings (SSSR count). The number of fused-ring (bicyclic) bond motifs is 5. The summed E-state index contributed by atoms with van der Waals surface area (Å²) < 4.78 is 28.1. The Morgan fingerprint density at radius 1 is 1.00 bits per heavy atom. The summed E-state index contributed by atoms with van der Waals surface area (Å²) in [5.41, 5.74) is -0.153. The molecule has 10 nitrogen and oxygen atoms in total. The number of aliphatic hydroxyl groups is 5. The molecule has 1 fully saturated rings. The molecule has 3 aliphatic heterocycles. The van der Waals surface area contributed by atoms with Crippen molar-refractivity contribution in [3.8, 4) is 23.0 Å². The van der Waals surface area contributed by atoms with Crippen molar-refractivity contribution in [2.75, 3.05) is 20.3 Å². The van der Waals surface area contributed by atoms with Crippen molar-refractivity contribution in [1.29, 1.82) is 0 Å². The fourth-order valence-corrected chi connectivity index (χ4v) is 4.34. The molecule has 10 heteroatoms. The third-order valence-electron chi connectivity index (χ3n) is 6.15. The minimum absolute atomic E-state index is 0.0481. The van der Waals surface area contributed by atoms with Gasteiger partial charge >= 0.3 is 0 Å². The van der Waals surface area contributed by atoms with Crippen molar-refractivity contribution in [2.24, 2.45) is 0 Å². The van der Waals surface area contributed by atoms with Gasteiger partial charge in [0, 0.05) is 23.3 Å². The smallest absolute Gasteiger partial charge is 0.229 e. The molecule has 0 spiro atoms. The minimum atomic E-state index is -1.54. The quantitative estimate of drug-likeness (QED) is 0.418. The monoisotopic (exact) mass is 448 g/mol. The molecular weight excluding hydrogens is 424 g/mol. The highest BCUT2D eigenvalue weighted by molar-refractivity contribution is 5.54. The van der Waals surface area contributed by atoms with E-state index in [0.29, 0.717) is 28.4 Å². The molecule has 0 aromatic heterocycles. The number of methoxy groups -OCH3 is 1. The Morgan fingerprint density at radius 2 is 1.75 bits per heavy atom. The first-order valence-electron chi connectivity index (χ1n) is 10.2. The molecule has 7 atom stereocenters. The van der Waals surface area contributed by atoms with Crippen LogP contribution < -0.4 is 18.9 Å². The van der Waals surface area contributed by atoms with Gasteiger partial charge < -0.3 is 49.2 Å². The van der Waals surface area contributed by atoms with Crippen LogP contribution in [0.25, 0.3) is 0 Å². The number of rotatable bonds is 4. The van der Waals surface area contributed by atoms with Crippen LogP contribution in [0.5, 0.6) is 23.0 Å². The molecule has 3 aliphatic rings. The van der Waals surface area contributed by atoms with E-state index in [-0.39, 0.29) is 12.4 Å². The van der Waals surface area contributed by atoms with Gasteiger partial charge in [0.2, 0.25) is 6.29 Å². The number of ether oxygens (including phenoxy) is 5. The maximum Gasteiger partial charge on any atom is 0.229 e. The lowest BCUT2D eigenvalue weighted by Crippen LogP contribution is -2.60. The lowest BCUT2D eigenvalue weighted by Gasteiger charge is -2.39. The zero-order valence-corrected chi connectivity index (χ0v) is 17.1. The summed E-state index contributed by atoms with van der Waals surface area (Å²) in [4.78, 5) is 0. The van der Waals surface area contributed by atoms with Gasteiger partial charge in [-0.3, -0.25) is 0 Å². The zero-order valence-electron chi connectivity index (χ0n) is 17.1. The summed E-state index contributed by atoms with van der Waals surface area (Å²) in [5, 5.41) is 50.7. The van der Waals surface area contributed by atoms with Crippen LogP contribution in [0.4, 0.5) is 0 Å². The van der Waals surface area contributed by atoms with Crippen LogP contribution in [0.15, 0.2) is 36.4 Å². The first kappa shape index (κ1) is 21.3. The highest BCUT2D eigenvalue weighted by Crippen LogP contribution is 2.54. The van der Waals surface area contributed by atoms with E-state index in [2.05, 4.69) is 0 Å². The lowest BCUT2D eigenvalue weighted by molar-refractivity contribution is -0.277. The molecule has 172 valence electrons. The van der Waals surface area contributed by atoms with E-state index in [1.165, 1.54) is 0 Å². The minimum Gasteiger partial charge on any atom is -0.497 e. The first-order valence-corrected chi connectivity index (χ1v) is 10.2. The average Bonchev–Trinajstić information content (AvgIpc) is 3.11. The third-order valence-corrected chi connectivity index (χ3v) is 6.15. The van der Waals surface area contributed by atoms with E-state index in [1.54, 1.807) is 43.5 Å². The average molecular weight is 448 g/mol. The van der Waals surface area contributed by atoms with Crippen molar-refractivity contribution in [2.45, 2.75) is 42.4 Å². The van der Waals surface area contributed by atoms with E-state index >= 15 is 0 Å². The summed E-state index contributed by atoms with van der Waals surface area (Å²) >= 11 is 0. The van der Waals surface area contributed by atoms with Crippen molar-refractivity contribution in [3.63, 3.8) is 0 Å². The van der Waals surface area contributed by atoms with Crippen molar-refractivity contribution >= 4 is 0 Å². The summed E-state index contributed by atoms with van der Waals surface area (Å²) in [5.74, 6) is 1.79. The second-order valence-electron chi connectivity index (χ2n) is 8.09. The van der Waals surface area contributed by atoms with Gasteiger partial charge in [0.15, 0.2) is 11.7 Å². The third kappa shape index (κ3) is 3.19. The maximum absolute atomic E-state index is 11.3. The molecule has 0 radical (unpaired) electrons. The molecule has 0 aliphatic carbocycles.